The van der Waals surface area contributed by atoms with Crippen LogP contribution in [0.5, 0.6) is 0 Å². The molecular formula is C19H21Cl2N3O. The van der Waals surface area contributed by atoms with Crippen molar-refractivity contribution in [2.45, 2.75) is 13.8 Å². The minimum absolute atomic E-state index is 0.577. The second kappa shape index (κ2) is 11.3. The quantitative estimate of drug-likeness (QED) is 0.561. The third kappa shape index (κ3) is 6.25. The SMILES string of the molecule is CC.CNc1ccc(Cl)c(Cl)c1.O=CNc1cccc2cccnc12. The molecule has 3 rings (SSSR count). The Kier molecular flexibility index (Phi) is 9.37. The van der Waals surface area contributed by atoms with Gasteiger partial charge in [0.15, 0.2) is 0 Å². The van der Waals surface area contributed by atoms with Crippen LogP contribution in [-0.4, -0.2) is 18.4 Å². The molecular weight excluding hydrogens is 357 g/mol. The number of pyridine rings is 1. The van der Waals surface area contributed by atoms with Gasteiger partial charge in [-0.1, -0.05) is 55.2 Å². The molecule has 0 aliphatic carbocycles. The predicted molar refractivity (Wildman–Crippen MR) is 109 cm³/mol. The average Bonchev–Trinajstić information content (AvgIpc) is 2.67. The van der Waals surface area contributed by atoms with E-state index in [0.717, 1.165) is 22.3 Å². The van der Waals surface area contributed by atoms with Crippen LogP contribution in [0.4, 0.5) is 11.4 Å². The molecule has 0 saturated carbocycles. The van der Waals surface area contributed by atoms with Gasteiger partial charge < -0.3 is 10.6 Å². The topological polar surface area (TPSA) is 54.0 Å². The van der Waals surface area contributed by atoms with Gasteiger partial charge in [0, 0.05) is 24.3 Å². The molecule has 3 aromatic rings. The fraction of sp³-hybridized carbons (Fsp3) is 0.158. The first-order valence-electron chi connectivity index (χ1n) is 7.82. The number of hydrogen-bond donors (Lipinski definition) is 2. The number of nitrogens with one attached hydrogen (secondary N) is 2. The molecule has 0 unspecified atom stereocenters. The lowest BCUT2D eigenvalue weighted by Gasteiger charge is -2.02. The van der Waals surface area contributed by atoms with Crippen molar-refractivity contribution in [3.05, 3.63) is 64.8 Å². The Morgan fingerprint density at radius 1 is 1.00 bits per heavy atom. The third-order valence-electron chi connectivity index (χ3n) is 3.06. The van der Waals surface area contributed by atoms with Crippen LogP contribution in [0.3, 0.4) is 0 Å². The molecule has 1 heterocycles. The second-order valence-corrected chi connectivity index (χ2v) is 5.34. The number of para-hydroxylation sites is 1. The summed E-state index contributed by atoms with van der Waals surface area (Å²) in [5.41, 5.74) is 2.53. The molecule has 0 aliphatic rings. The van der Waals surface area contributed by atoms with E-state index in [2.05, 4.69) is 15.6 Å². The minimum Gasteiger partial charge on any atom is -0.388 e. The Labute approximate surface area is 158 Å². The standard InChI is InChI=1S/C10H8N2O.C7H7Cl2N.C2H6/c13-7-12-9-5-1-3-8-4-2-6-11-10(8)9;1-10-5-2-3-6(8)7(9)4-5;1-2/h1-7H,(H,12,13);2-4,10H,1H3;1-2H3. The van der Waals surface area contributed by atoms with Crippen LogP contribution in [0.1, 0.15) is 13.8 Å². The molecule has 2 N–H and O–H groups in total. The van der Waals surface area contributed by atoms with E-state index < -0.39 is 0 Å². The van der Waals surface area contributed by atoms with Crippen LogP contribution in [-0.2, 0) is 4.79 Å². The van der Waals surface area contributed by atoms with Crippen LogP contribution >= 0.6 is 23.2 Å². The highest BCUT2D eigenvalue weighted by atomic mass is 35.5. The van der Waals surface area contributed by atoms with Gasteiger partial charge >= 0.3 is 0 Å². The van der Waals surface area contributed by atoms with Crippen LogP contribution in [0.2, 0.25) is 10.0 Å². The Morgan fingerprint density at radius 2 is 1.72 bits per heavy atom. The Morgan fingerprint density at radius 3 is 2.36 bits per heavy atom. The molecule has 132 valence electrons. The summed E-state index contributed by atoms with van der Waals surface area (Å²) in [4.78, 5) is 14.5. The van der Waals surface area contributed by atoms with Crippen LogP contribution in [0.25, 0.3) is 10.9 Å². The summed E-state index contributed by atoms with van der Waals surface area (Å²) >= 11 is 11.4. The molecule has 2 aromatic carbocycles. The number of hydrogen-bond acceptors (Lipinski definition) is 3. The lowest BCUT2D eigenvalue weighted by atomic mass is 10.2. The lowest BCUT2D eigenvalue weighted by molar-refractivity contribution is -0.105. The minimum atomic E-state index is 0.577. The normalized spacial score (nSPS) is 9.16. The fourth-order valence-corrected chi connectivity index (χ4v) is 2.23. The highest BCUT2D eigenvalue weighted by molar-refractivity contribution is 6.42. The molecule has 1 amide bonds. The average molecular weight is 378 g/mol. The number of halogens is 2. The Hall–Kier alpha value is -2.30. The maximum absolute atomic E-state index is 10.3. The zero-order valence-electron chi connectivity index (χ0n) is 14.4. The van der Waals surface area contributed by atoms with Gasteiger partial charge in [0.1, 0.15) is 0 Å². The molecule has 1 aromatic heterocycles. The molecule has 0 aliphatic heterocycles. The number of rotatable bonds is 3. The van der Waals surface area contributed by atoms with E-state index >= 15 is 0 Å². The van der Waals surface area contributed by atoms with Crippen molar-refractivity contribution in [1.82, 2.24) is 4.98 Å². The summed E-state index contributed by atoms with van der Waals surface area (Å²) in [6.07, 6.45) is 2.36. The van der Waals surface area contributed by atoms with Gasteiger partial charge in [-0.25, -0.2) is 0 Å². The lowest BCUT2D eigenvalue weighted by Crippen LogP contribution is -1.95. The Bertz CT molecular complexity index is 804. The van der Waals surface area contributed by atoms with Gasteiger partial charge in [-0.15, -0.1) is 0 Å². The highest BCUT2D eigenvalue weighted by Gasteiger charge is 1.98. The monoisotopic (exact) mass is 377 g/mol. The number of aromatic nitrogens is 1. The van der Waals surface area contributed by atoms with E-state index in [4.69, 9.17) is 23.2 Å². The smallest absolute Gasteiger partial charge is 0.211 e. The first-order chi connectivity index (χ1) is 12.2. The largest absolute Gasteiger partial charge is 0.388 e. The van der Waals surface area contributed by atoms with E-state index in [0.29, 0.717) is 16.5 Å². The van der Waals surface area contributed by atoms with Crippen molar-refractivity contribution in [3.8, 4) is 0 Å². The summed E-state index contributed by atoms with van der Waals surface area (Å²) in [5, 5.41) is 7.74. The van der Waals surface area contributed by atoms with E-state index in [1.54, 1.807) is 18.3 Å². The number of nitrogens with zero attached hydrogens (tertiary/aromatic N) is 1. The molecule has 0 saturated heterocycles. The molecule has 25 heavy (non-hydrogen) atoms. The van der Waals surface area contributed by atoms with E-state index in [1.165, 1.54) is 0 Å². The van der Waals surface area contributed by atoms with Crippen LogP contribution < -0.4 is 10.6 Å². The summed E-state index contributed by atoms with van der Waals surface area (Å²) in [6, 6.07) is 14.9. The second-order valence-electron chi connectivity index (χ2n) is 4.52. The van der Waals surface area contributed by atoms with Gasteiger partial charge in [-0.2, -0.15) is 0 Å². The summed E-state index contributed by atoms with van der Waals surface area (Å²) in [5.74, 6) is 0. The highest BCUT2D eigenvalue weighted by Crippen LogP contribution is 2.24. The van der Waals surface area contributed by atoms with Gasteiger partial charge in [0.05, 0.1) is 21.2 Å². The number of carbonyl (C=O) groups excluding carboxylic acids is 1. The number of fused-ring (bicyclic) bond motifs is 1. The van der Waals surface area contributed by atoms with Crippen molar-refractivity contribution in [2.75, 3.05) is 17.7 Å². The molecule has 6 heteroatoms. The third-order valence-corrected chi connectivity index (χ3v) is 3.79. The number of carbonyl (C=O) groups is 1. The summed E-state index contributed by atoms with van der Waals surface area (Å²) in [6.45, 7) is 4.00. The van der Waals surface area contributed by atoms with Crippen molar-refractivity contribution >= 4 is 51.9 Å². The first kappa shape index (κ1) is 20.7. The molecule has 0 spiro atoms. The van der Waals surface area contributed by atoms with Gasteiger partial charge in [-0.3, -0.25) is 9.78 Å². The van der Waals surface area contributed by atoms with E-state index in [-0.39, 0.29) is 0 Å². The summed E-state index contributed by atoms with van der Waals surface area (Å²) < 4.78 is 0. The maximum Gasteiger partial charge on any atom is 0.211 e. The maximum atomic E-state index is 10.3. The van der Waals surface area contributed by atoms with Gasteiger partial charge in [-0.05, 0) is 30.3 Å². The van der Waals surface area contributed by atoms with Crippen molar-refractivity contribution < 1.29 is 4.79 Å². The van der Waals surface area contributed by atoms with Gasteiger partial charge in [0.2, 0.25) is 6.41 Å². The van der Waals surface area contributed by atoms with Crippen molar-refractivity contribution in [1.29, 1.82) is 0 Å². The number of amides is 1. The van der Waals surface area contributed by atoms with E-state index in [9.17, 15) is 4.79 Å². The van der Waals surface area contributed by atoms with E-state index in [1.807, 2.05) is 57.3 Å². The van der Waals surface area contributed by atoms with Gasteiger partial charge in [0.25, 0.3) is 0 Å². The molecule has 0 atom stereocenters. The van der Waals surface area contributed by atoms with Crippen molar-refractivity contribution in [3.63, 3.8) is 0 Å². The summed E-state index contributed by atoms with van der Waals surface area (Å²) in [7, 11) is 1.83. The number of anilines is 2. The molecule has 4 nitrogen and oxygen atoms in total. The Balaban J connectivity index is 0.000000235. The molecule has 0 bridgehead atoms. The van der Waals surface area contributed by atoms with Crippen LogP contribution in [0, 0.1) is 0 Å². The van der Waals surface area contributed by atoms with Crippen molar-refractivity contribution in [2.24, 2.45) is 0 Å². The molecule has 0 radical (unpaired) electrons. The first-order valence-corrected chi connectivity index (χ1v) is 8.58. The number of benzene rings is 2. The fourth-order valence-electron chi connectivity index (χ4n) is 1.94. The molecule has 0 fully saturated rings. The predicted octanol–water partition coefficient (Wildman–Crippen LogP) is 5.86. The zero-order chi connectivity index (χ0) is 18.7. The zero-order valence-corrected chi connectivity index (χ0v) is 15.9. The van der Waals surface area contributed by atoms with Crippen LogP contribution in [0.15, 0.2) is 54.7 Å².